The lowest BCUT2D eigenvalue weighted by Crippen LogP contribution is -2.12. The highest BCUT2D eigenvalue weighted by molar-refractivity contribution is 6.13. The highest BCUT2D eigenvalue weighted by Crippen LogP contribution is 2.35. The van der Waals surface area contributed by atoms with Gasteiger partial charge in [-0.25, -0.2) is 0 Å². The first-order valence-corrected chi connectivity index (χ1v) is 4.41. The van der Waals surface area contributed by atoms with E-state index in [-0.39, 0.29) is 0 Å². The molecule has 0 heterocycles. The van der Waals surface area contributed by atoms with E-state index in [0.717, 1.165) is 11.7 Å². The zero-order valence-electron chi connectivity index (χ0n) is 7.19. The first-order valence-electron chi connectivity index (χ1n) is 4.41. The summed E-state index contributed by atoms with van der Waals surface area (Å²) in [7, 11) is 2.30. The second kappa shape index (κ2) is 3.27. The molecule has 0 aromatic heterocycles. The Labute approximate surface area is 65.1 Å². The standard InChI is InChI=1S/C9H17B/c1-3-8-4-5-9(10)7(2)6-8/h8-9H,2-6,10H2,1H3. The number of hydrogen-bond acceptors (Lipinski definition) is 0. The largest absolute Gasteiger partial charge is 0.110 e. The molecule has 0 spiro atoms. The molecule has 2 unspecified atom stereocenters. The van der Waals surface area contributed by atoms with E-state index in [1.54, 1.807) is 0 Å². The predicted octanol–water partition coefficient (Wildman–Crippen LogP) is 2.17. The maximum atomic E-state index is 4.09. The highest BCUT2D eigenvalue weighted by atomic mass is 14.2. The second-order valence-electron chi connectivity index (χ2n) is 3.62. The summed E-state index contributed by atoms with van der Waals surface area (Å²) in [6.07, 6.45) is 5.43. The van der Waals surface area contributed by atoms with Gasteiger partial charge >= 0.3 is 0 Å². The molecule has 0 bridgehead atoms. The van der Waals surface area contributed by atoms with Gasteiger partial charge in [-0.2, -0.15) is 0 Å². The zero-order valence-corrected chi connectivity index (χ0v) is 7.19. The van der Waals surface area contributed by atoms with Crippen LogP contribution in [-0.4, -0.2) is 7.85 Å². The fourth-order valence-electron chi connectivity index (χ4n) is 1.71. The van der Waals surface area contributed by atoms with E-state index >= 15 is 0 Å². The molecule has 1 rings (SSSR count). The maximum Gasteiger partial charge on any atom is 0.110 e. The van der Waals surface area contributed by atoms with Crippen molar-refractivity contribution in [3.63, 3.8) is 0 Å². The molecular formula is C9H17B. The van der Waals surface area contributed by atoms with E-state index in [4.69, 9.17) is 0 Å². The Morgan fingerprint density at radius 3 is 2.80 bits per heavy atom. The van der Waals surface area contributed by atoms with Crippen molar-refractivity contribution in [3.8, 4) is 0 Å². The molecule has 0 amide bonds. The molecule has 1 fully saturated rings. The van der Waals surface area contributed by atoms with Crippen LogP contribution in [0.2, 0.25) is 5.82 Å². The van der Waals surface area contributed by atoms with Gasteiger partial charge in [0, 0.05) is 0 Å². The van der Waals surface area contributed by atoms with Crippen LogP contribution in [0.5, 0.6) is 0 Å². The summed E-state index contributed by atoms with van der Waals surface area (Å²) in [5.41, 5.74) is 1.48. The van der Waals surface area contributed by atoms with E-state index in [1.165, 1.54) is 31.3 Å². The van der Waals surface area contributed by atoms with Crippen LogP contribution < -0.4 is 0 Å². The van der Waals surface area contributed by atoms with Crippen molar-refractivity contribution in [2.75, 3.05) is 0 Å². The third-order valence-electron chi connectivity index (χ3n) is 2.83. The van der Waals surface area contributed by atoms with Gasteiger partial charge in [-0.3, -0.25) is 0 Å². The van der Waals surface area contributed by atoms with Crippen LogP contribution in [0.15, 0.2) is 12.2 Å². The SMILES string of the molecule is BC1CCC(CC)CC1=C. The van der Waals surface area contributed by atoms with Crippen molar-refractivity contribution in [1.82, 2.24) is 0 Å². The first kappa shape index (κ1) is 7.91. The molecule has 0 radical (unpaired) electrons. The maximum absolute atomic E-state index is 4.09. The average Bonchev–Trinajstić information content (AvgIpc) is 1.95. The van der Waals surface area contributed by atoms with Crippen molar-refractivity contribution < 1.29 is 0 Å². The van der Waals surface area contributed by atoms with E-state index in [2.05, 4.69) is 21.3 Å². The minimum atomic E-state index is 0.794. The van der Waals surface area contributed by atoms with E-state index < -0.39 is 0 Å². The van der Waals surface area contributed by atoms with Crippen LogP contribution in [0.1, 0.15) is 32.6 Å². The van der Waals surface area contributed by atoms with Crippen LogP contribution in [0.4, 0.5) is 0 Å². The Balaban J connectivity index is 2.41. The van der Waals surface area contributed by atoms with E-state index in [0.29, 0.717) is 0 Å². The predicted molar refractivity (Wildman–Crippen MR) is 49.1 cm³/mol. The Bertz CT molecular complexity index is 129. The highest BCUT2D eigenvalue weighted by Gasteiger charge is 2.19. The van der Waals surface area contributed by atoms with E-state index in [1.807, 2.05) is 0 Å². The zero-order chi connectivity index (χ0) is 7.56. The summed E-state index contributed by atoms with van der Waals surface area (Å²) < 4.78 is 0. The summed E-state index contributed by atoms with van der Waals surface area (Å²) in [5, 5.41) is 0. The third kappa shape index (κ3) is 1.65. The molecule has 1 heteroatoms. The van der Waals surface area contributed by atoms with Crippen LogP contribution in [0, 0.1) is 5.92 Å². The third-order valence-corrected chi connectivity index (χ3v) is 2.83. The minimum Gasteiger partial charge on any atom is -0.100 e. The van der Waals surface area contributed by atoms with E-state index in [9.17, 15) is 0 Å². The van der Waals surface area contributed by atoms with Gasteiger partial charge in [0.2, 0.25) is 0 Å². The van der Waals surface area contributed by atoms with Crippen LogP contribution >= 0.6 is 0 Å². The normalized spacial score (nSPS) is 34.3. The van der Waals surface area contributed by atoms with Gasteiger partial charge in [0.1, 0.15) is 7.85 Å². The van der Waals surface area contributed by atoms with Gasteiger partial charge in [0.05, 0.1) is 0 Å². The molecule has 0 aromatic rings. The molecule has 1 aliphatic rings. The number of hydrogen-bond donors (Lipinski definition) is 0. The molecule has 0 aliphatic heterocycles. The monoisotopic (exact) mass is 136 g/mol. The van der Waals surface area contributed by atoms with Crippen LogP contribution in [-0.2, 0) is 0 Å². The van der Waals surface area contributed by atoms with Crippen molar-refractivity contribution in [3.05, 3.63) is 12.2 Å². The Morgan fingerprint density at radius 2 is 2.30 bits per heavy atom. The summed E-state index contributed by atoms with van der Waals surface area (Å²) in [4.78, 5) is 0. The summed E-state index contributed by atoms with van der Waals surface area (Å²) >= 11 is 0. The van der Waals surface area contributed by atoms with Crippen molar-refractivity contribution in [2.45, 2.75) is 38.4 Å². The van der Waals surface area contributed by atoms with Crippen molar-refractivity contribution in [2.24, 2.45) is 5.92 Å². The van der Waals surface area contributed by atoms with Gasteiger partial charge in [-0.05, 0) is 18.2 Å². The lowest BCUT2D eigenvalue weighted by atomic mass is 9.69. The smallest absolute Gasteiger partial charge is 0.100 e. The fraction of sp³-hybridized carbons (Fsp3) is 0.778. The number of allylic oxidation sites excluding steroid dienone is 1. The Morgan fingerprint density at radius 1 is 1.60 bits per heavy atom. The molecule has 1 saturated carbocycles. The molecule has 10 heavy (non-hydrogen) atoms. The van der Waals surface area contributed by atoms with Gasteiger partial charge in [0.25, 0.3) is 0 Å². The molecule has 0 saturated heterocycles. The molecule has 1 aliphatic carbocycles. The Kier molecular flexibility index (Phi) is 2.59. The lowest BCUT2D eigenvalue weighted by molar-refractivity contribution is 0.408. The number of rotatable bonds is 1. The Hall–Kier alpha value is -0.195. The molecule has 0 aromatic carbocycles. The topological polar surface area (TPSA) is 0 Å². The lowest BCUT2D eigenvalue weighted by Gasteiger charge is -2.27. The van der Waals surface area contributed by atoms with Gasteiger partial charge in [-0.1, -0.05) is 31.8 Å². The quantitative estimate of drug-likeness (QED) is 0.382. The van der Waals surface area contributed by atoms with Crippen molar-refractivity contribution in [1.29, 1.82) is 0 Å². The van der Waals surface area contributed by atoms with Gasteiger partial charge in [0.15, 0.2) is 0 Å². The molecule has 0 N–H and O–H groups in total. The summed E-state index contributed by atoms with van der Waals surface area (Å²) in [5.74, 6) is 1.74. The molecule has 56 valence electrons. The van der Waals surface area contributed by atoms with Crippen LogP contribution in [0.3, 0.4) is 0 Å². The molecular weight excluding hydrogens is 119 g/mol. The van der Waals surface area contributed by atoms with Gasteiger partial charge < -0.3 is 0 Å². The second-order valence-corrected chi connectivity index (χ2v) is 3.62. The minimum absolute atomic E-state index is 0.794. The van der Waals surface area contributed by atoms with Crippen molar-refractivity contribution >= 4 is 7.85 Å². The summed E-state index contributed by atoms with van der Waals surface area (Å²) in [6, 6.07) is 0. The summed E-state index contributed by atoms with van der Waals surface area (Å²) in [6.45, 7) is 6.38. The average molecular weight is 136 g/mol. The van der Waals surface area contributed by atoms with Gasteiger partial charge in [-0.15, -0.1) is 6.58 Å². The van der Waals surface area contributed by atoms with Crippen LogP contribution in [0.25, 0.3) is 0 Å². The molecule has 2 atom stereocenters. The first-order chi connectivity index (χ1) is 4.74. The fourth-order valence-corrected chi connectivity index (χ4v) is 1.71. The molecule has 0 nitrogen and oxygen atoms in total.